The largest absolute Gasteiger partial charge is 0.452 e. The third-order valence-electron chi connectivity index (χ3n) is 5.18. The number of benzene rings is 2. The number of aromatic nitrogens is 3. The number of ether oxygens (including phenoxy) is 1. The van der Waals surface area contributed by atoms with Gasteiger partial charge in [-0.3, -0.25) is 4.79 Å². The first-order valence-electron chi connectivity index (χ1n) is 10.4. The highest BCUT2D eigenvalue weighted by Crippen LogP contribution is 2.14. The lowest BCUT2D eigenvalue weighted by atomic mass is 10.1. The van der Waals surface area contributed by atoms with E-state index in [4.69, 9.17) is 4.74 Å². The van der Waals surface area contributed by atoms with Gasteiger partial charge in [0.05, 0.1) is 5.69 Å². The molecule has 2 heterocycles. The van der Waals surface area contributed by atoms with Crippen molar-refractivity contribution in [2.24, 2.45) is 0 Å². The molecule has 0 saturated carbocycles. The summed E-state index contributed by atoms with van der Waals surface area (Å²) in [5, 5.41) is 4.27. The van der Waals surface area contributed by atoms with E-state index in [1.54, 1.807) is 30.3 Å². The van der Waals surface area contributed by atoms with Crippen molar-refractivity contribution in [1.29, 1.82) is 0 Å². The van der Waals surface area contributed by atoms with Gasteiger partial charge in [-0.2, -0.15) is 5.10 Å². The highest BCUT2D eigenvalue weighted by molar-refractivity contribution is 5.98. The van der Waals surface area contributed by atoms with Crippen LogP contribution in [-0.4, -0.2) is 44.5 Å². The molecule has 0 saturated heterocycles. The average Bonchev–Trinajstić information content (AvgIpc) is 3.17. The molecule has 0 atom stereocenters. The molecule has 2 aromatic heterocycles. The maximum Gasteiger partial charge on any atom is 0.344 e. The maximum atomic E-state index is 13.0. The SMILES string of the molecule is Cc1nn2cccnc2c1C(=O)OCC(=O)N(CCc1ccccc1)Cc1ccccc1. The summed E-state index contributed by atoms with van der Waals surface area (Å²) in [5.74, 6) is -0.854. The first kappa shape index (κ1) is 21.2. The van der Waals surface area contributed by atoms with Crippen molar-refractivity contribution < 1.29 is 14.3 Å². The second-order valence-electron chi connectivity index (χ2n) is 7.46. The van der Waals surface area contributed by atoms with E-state index < -0.39 is 5.97 Å². The van der Waals surface area contributed by atoms with Gasteiger partial charge in [-0.05, 0) is 30.5 Å². The standard InChI is InChI=1S/C25H24N4O3/c1-19-23(24-26-14-8-15-29(24)27-19)25(31)32-18-22(30)28(17-21-11-6-3-7-12-21)16-13-20-9-4-2-5-10-20/h2-12,14-15H,13,16-18H2,1H3. The van der Waals surface area contributed by atoms with Crippen LogP contribution in [0.4, 0.5) is 0 Å². The third kappa shape index (κ3) is 5.00. The van der Waals surface area contributed by atoms with Gasteiger partial charge in [-0.25, -0.2) is 14.3 Å². The van der Waals surface area contributed by atoms with E-state index >= 15 is 0 Å². The van der Waals surface area contributed by atoms with Crippen molar-refractivity contribution in [3.63, 3.8) is 0 Å². The van der Waals surface area contributed by atoms with Gasteiger partial charge < -0.3 is 9.64 Å². The Hall–Kier alpha value is -4.00. The first-order chi connectivity index (χ1) is 15.6. The lowest BCUT2D eigenvalue weighted by Crippen LogP contribution is -2.36. The zero-order valence-electron chi connectivity index (χ0n) is 17.8. The number of aryl methyl sites for hydroxylation is 1. The Labute approximate surface area is 186 Å². The molecule has 4 aromatic rings. The monoisotopic (exact) mass is 428 g/mol. The van der Waals surface area contributed by atoms with Gasteiger partial charge in [0.25, 0.3) is 5.91 Å². The van der Waals surface area contributed by atoms with Crippen LogP contribution in [0.3, 0.4) is 0 Å². The van der Waals surface area contributed by atoms with E-state index in [-0.39, 0.29) is 18.1 Å². The Morgan fingerprint density at radius 3 is 2.38 bits per heavy atom. The van der Waals surface area contributed by atoms with Crippen LogP contribution >= 0.6 is 0 Å². The lowest BCUT2D eigenvalue weighted by molar-refractivity contribution is -0.135. The number of hydrogen-bond donors (Lipinski definition) is 0. The smallest absolute Gasteiger partial charge is 0.344 e. The number of carbonyl (C=O) groups excluding carboxylic acids is 2. The van der Waals surface area contributed by atoms with Crippen molar-refractivity contribution in [1.82, 2.24) is 19.5 Å². The number of esters is 1. The molecule has 2 aromatic carbocycles. The second-order valence-corrected chi connectivity index (χ2v) is 7.46. The topological polar surface area (TPSA) is 76.8 Å². The van der Waals surface area contributed by atoms with Crippen LogP contribution < -0.4 is 0 Å². The Morgan fingerprint density at radius 2 is 1.66 bits per heavy atom. The van der Waals surface area contributed by atoms with Crippen molar-refractivity contribution in [2.45, 2.75) is 19.9 Å². The Morgan fingerprint density at radius 1 is 0.969 bits per heavy atom. The average molecular weight is 428 g/mol. The van der Waals surface area contributed by atoms with Gasteiger partial charge in [-0.15, -0.1) is 0 Å². The number of nitrogens with zero attached hydrogens (tertiary/aromatic N) is 4. The van der Waals surface area contributed by atoms with Crippen LogP contribution in [-0.2, 0) is 22.5 Å². The van der Waals surface area contributed by atoms with E-state index in [9.17, 15) is 9.59 Å². The molecule has 32 heavy (non-hydrogen) atoms. The fourth-order valence-electron chi connectivity index (χ4n) is 3.53. The van der Waals surface area contributed by atoms with E-state index in [0.29, 0.717) is 30.9 Å². The summed E-state index contributed by atoms with van der Waals surface area (Å²) < 4.78 is 6.91. The van der Waals surface area contributed by atoms with Crippen LogP contribution in [0.15, 0.2) is 79.1 Å². The Bertz CT molecular complexity index is 1210. The number of rotatable bonds is 8. The molecule has 4 rings (SSSR count). The van der Waals surface area contributed by atoms with E-state index in [2.05, 4.69) is 10.1 Å². The molecular formula is C25H24N4O3. The van der Waals surface area contributed by atoms with Gasteiger partial charge >= 0.3 is 5.97 Å². The fourth-order valence-corrected chi connectivity index (χ4v) is 3.53. The highest BCUT2D eigenvalue weighted by atomic mass is 16.5. The molecule has 0 unspecified atom stereocenters. The fraction of sp³-hybridized carbons (Fsp3) is 0.200. The number of hydrogen-bond acceptors (Lipinski definition) is 5. The minimum atomic E-state index is -0.604. The van der Waals surface area contributed by atoms with E-state index in [0.717, 1.165) is 11.1 Å². The minimum absolute atomic E-state index is 0.250. The molecule has 0 aliphatic rings. The molecule has 162 valence electrons. The molecule has 0 fully saturated rings. The molecule has 1 amide bonds. The van der Waals surface area contributed by atoms with Gasteiger partial charge in [0.1, 0.15) is 5.56 Å². The zero-order chi connectivity index (χ0) is 22.3. The molecule has 0 N–H and O–H groups in total. The van der Waals surface area contributed by atoms with E-state index in [1.807, 2.05) is 60.7 Å². The summed E-state index contributed by atoms with van der Waals surface area (Å²) in [6, 6.07) is 21.5. The summed E-state index contributed by atoms with van der Waals surface area (Å²) in [7, 11) is 0. The molecule has 7 nitrogen and oxygen atoms in total. The molecule has 0 aliphatic carbocycles. The van der Waals surface area contributed by atoms with Crippen LogP contribution in [0.25, 0.3) is 5.65 Å². The minimum Gasteiger partial charge on any atom is -0.452 e. The molecule has 0 aliphatic heterocycles. The predicted molar refractivity (Wildman–Crippen MR) is 120 cm³/mol. The van der Waals surface area contributed by atoms with Crippen molar-refractivity contribution in [2.75, 3.05) is 13.2 Å². The number of amides is 1. The third-order valence-corrected chi connectivity index (χ3v) is 5.18. The van der Waals surface area contributed by atoms with Gasteiger partial charge in [0.15, 0.2) is 12.3 Å². The normalized spacial score (nSPS) is 10.8. The lowest BCUT2D eigenvalue weighted by Gasteiger charge is -2.23. The quantitative estimate of drug-likeness (QED) is 0.402. The van der Waals surface area contributed by atoms with Gasteiger partial charge in [0, 0.05) is 25.5 Å². The molecule has 7 heteroatoms. The van der Waals surface area contributed by atoms with E-state index in [1.165, 1.54) is 4.52 Å². The van der Waals surface area contributed by atoms with Crippen molar-refractivity contribution in [3.8, 4) is 0 Å². The predicted octanol–water partition coefficient (Wildman–Crippen LogP) is 3.47. The van der Waals surface area contributed by atoms with Crippen LogP contribution in [0.1, 0.15) is 27.2 Å². The Balaban J connectivity index is 1.45. The van der Waals surface area contributed by atoms with Gasteiger partial charge in [0.2, 0.25) is 0 Å². The molecule has 0 spiro atoms. The Kier molecular flexibility index (Phi) is 6.55. The summed E-state index contributed by atoms with van der Waals surface area (Å²) in [4.78, 5) is 31.7. The zero-order valence-corrected chi connectivity index (χ0v) is 17.8. The second kappa shape index (κ2) is 9.87. The van der Waals surface area contributed by atoms with Crippen molar-refractivity contribution in [3.05, 3.63) is 102 Å². The summed E-state index contributed by atoms with van der Waals surface area (Å²) in [6.07, 6.45) is 4.01. The van der Waals surface area contributed by atoms with Gasteiger partial charge in [-0.1, -0.05) is 60.7 Å². The molecule has 0 radical (unpaired) electrons. The first-order valence-corrected chi connectivity index (χ1v) is 10.4. The number of carbonyl (C=O) groups is 2. The van der Waals surface area contributed by atoms with Crippen molar-refractivity contribution >= 4 is 17.5 Å². The summed E-state index contributed by atoms with van der Waals surface area (Å²) in [6.45, 7) is 2.34. The molecular weight excluding hydrogens is 404 g/mol. The molecule has 0 bridgehead atoms. The van der Waals surface area contributed by atoms with Crippen LogP contribution in [0, 0.1) is 6.92 Å². The van der Waals surface area contributed by atoms with Crippen LogP contribution in [0.2, 0.25) is 0 Å². The summed E-state index contributed by atoms with van der Waals surface area (Å²) in [5.41, 5.74) is 3.35. The maximum absolute atomic E-state index is 13.0. The summed E-state index contributed by atoms with van der Waals surface area (Å²) >= 11 is 0. The number of fused-ring (bicyclic) bond motifs is 1. The highest BCUT2D eigenvalue weighted by Gasteiger charge is 2.22. The van der Waals surface area contributed by atoms with Crippen LogP contribution in [0.5, 0.6) is 0 Å².